The zero-order valence-electron chi connectivity index (χ0n) is 9.56. The van der Waals surface area contributed by atoms with Crippen molar-refractivity contribution in [2.75, 3.05) is 5.73 Å². The minimum absolute atomic E-state index is 0.752. The number of hydrogen-bond donors (Lipinski definition) is 1. The normalized spacial score (nSPS) is 10.4. The van der Waals surface area contributed by atoms with E-state index in [1.165, 1.54) is 6.33 Å². The number of nitrogens with zero attached hydrogens (tertiary/aromatic N) is 4. The molecule has 2 heterocycles. The molecule has 0 aliphatic carbocycles. The summed E-state index contributed by atoms with van der Waals surface area (Å²) < 4.78 is 1.74. The van der Waals surface area contributed by atoms with Gasteiger partial charge >= 0.3 is 0 Å². The molecule has 5 nitrogen and oxygen atoms in total. The van der Waals surface area contributed by atoms with Crippen molar-refractivity contribution in [1.82, 2.24) is 19.7 Å². The Morgan fingerprint density at radius 2 is 1.61 bits per heavy atom. The van der Waals surface area contributed by atoms with E-state index in [4.69, 9.17) is 5.73 Å². The van der Waals surface area contributed by atoms with Gasteiger partial charge in [-0.25, -0.2) is 14.6 Å². The van der Waals surface area contributed by atoms with Gasteiger partial charge in [-0.1, -0.05) is 12.1 Å². The molecule has 1 aromatic carbocycles. The minimum Gasteiger partial charge on any atom is -0.399 e. The summed E-state index contributed by atoms with van der Waals surface area (Å²) >= 11 is 0. The van der Waals surface area contributed by atoms with Crippen LogP contribution in [-0.2, 0) is 0 Å². The Morgan fingerprint density at radius 3 is 2.33 bits per heavy atom. The Kier molecular flexibility index (Phi) is 2.49. The summed E-state index contributed by atoms with van der Waals surface area (Å²) in [6, 6.07) is 7.69. The van der Waals surface area contributed by atoms with Gasteiger partial charge in [0.25, 0.3) is 0 Å². The number of hydrogen-bond acceptors (Lipinski definition) is 4. The molecule has 0 aliphatic rings. The molecule has 0 amide bonds. The highest BCUT2D eigenvalue weighted by molar-refractivity contribution is 5.64. The van der Waals surface area contributed by atoms with Crippen LogP contribution in [0.4, 0.5) is 5.69 Å². The molecule has 0 fully saturated rings. The highest BCUT2D eigenvalue weighted by Gasteiger charge is 2.03. The van der Waals surface area contributed by atoms with Gasteiger partial charge in [-0.05, 0) is 17.7 Å². The van der Waals surface area contributed by atoms with E-state index < -0.39 is 0 Å². The SMILES string of the molecule is Nc1ccc(-c2cnn(-c3cncnc3)c2)cc1. The van der Waals surface area contributed by atoms with E-state index in [1.807, 2.05) is 30.5 Å². The van der Waals surface area contributed by atoms with Crippen LogP contribution in [0.15, 0.2) is 55.4 Å². The summed E-state index contributed by atoms with van der Waals surface area (Å²) in [5.41, 5.74) is 9.35. The third kappa shape index (κ3) is 1.93. The molecule has 0 saturated carbocycles. The van der Waals surface area contributed by atoms with Gasteiger partial charge in [-0.15, -0.1) is 0 Å². The van der Waals surface area contributed by atoms with Crippen LogP contribution in [-0.4, -0.2) is 19.7 Å². The number of anilines is 1. The molecule has 3 aromatic rings. The fourth-order valence-corrected chi connectivity index (χ4v) is 1.70. The second-order valence-corrected chi connectivity index (χ2v) is 3.89. The van der Waals surface area contributed by atoms with E-state index in [2.05, 4.69) is 15.1 Å². The smallest absolute Gasteiger partial charge is 0.115 e. The zero-order valence-corrected chi connectivity index (χ0v) is 9.56. The van der Waals surface area contributed by atoms with E-state index in [9.17, 15) is 0 Å². The lowest BCUT2D eigenvalue weighted by Crippen LogP contribution is -1.95. The van der Waals surface area contributed by atoms with Crippen LogP contribution in [0.25, 0.3) is 16.8 Å². The van der Waals surface area contributed by atoms with Gasteiger partial charge in [0, 0.05) is 17.4 Å². The van der Waals surface area contributed by atoms with Crippen molar-refractivity contribution in [3.8, 4) is 16.8 Å². The van der Waals surface area contributed by atoms with Gasteiger partial charge < -0.3 is 5.73 Å². The average molecular weight is 237 g/mol. The first kappa shape index (κ1) is 10.5. The Morgan fingerprint density at radius 1 is 0.889 bits per heavy atom. The molecule has 88 valence electrons. The summed E-state index contributed by atoms with van der Waals surface area (Å²) in [7, 11) is 0. The van der Waals surface area contributed by atoms with Crippen molar-refractivity contribution < 1.29 is 0 Å². The molecule has 0 atom stereocenters. The maximum atomic E-state index is 5.66. The fourth-order valence-electron chi connectivity index (χ4n) is 1.70. The summed E-state index contributed by atoms with van der Waals surface area (Å²) in [6.07, 6.45) is 8.66. The number of benzene rings is 1. The second kappa shape index (κ2) is 4.29. The van der Waals surface area contributed by atoms with Crippen molar-refractivity contribution in [2.24, 2.45) is 0 Å². The summed E-state index contributed by atoms with van der Waals surface area (Å²) in [4.78, 5) is 7.93. The van der Waals surface area contributed by atoms with Gasteiger partial charge in [-0.2, -0.15) is 5.10 Å². The number of nitrogen functional groups attached to an aromatic ring is 1. The molecule has 0 aliphatic heterocycles. The predicted octanol–water partition coefficient (Wildman–Crippen LogP) is 1.91. The van der Waals surface area contributed by atoms with E-state index >= 15 is 0 Å². The average Bonchev–Trinajstić information content (AvgIpc) is 2.90. The molecule has 0 radical (unpaired) electrons. The second-order valence-electron chi connectivity index (χ2n) is 3.89. The first-order valence-corrected chi connectivity index (χ1v) is 5.49. The molecule has 0 spiro atoms. The Hall–Kier alpha value is -2.69. The maximum absolute atomic E-state index is 5.66. The van der Waals surface area contributed by atoms with Crippen molar-refractivity contribution in [3.05, 3.63) is 55.4 Å². The van der Waals surface area contributed by atoms with Crippen molar-refractivity contribution in [2.45, 2.75) is 0 Å². The quantitative estimate of drug-likeness (QED) is 0.691. The van der Waals surface area contributed by atoms with E-state index in [0.29, 0.717) is 0 Å². The first-order valence-electron chi connectivity index (χ1n) is 5.49. The van der Waals surface area contributed by atoms with Crippen LogP contribution in [0.3, 0.4) is 0 Å². The number of aromatic nitrogens is 4. The van der Waals surface area contributed by atoms with Crippen LogP contribution < -0.4 is 5.73 Å². The molecule has 18 heavy (non-hydrogen) atoms. The van der Waals surface area contributed by atoms with Crippen LogP contribution in [0.1, 0.15) is 0 Å². The first-order chi connectivity index (χ1) is 8.83. The predicted molar refractivity (Wildman–Crippen MR) is 69.0 cm³/mol. The maximum Gasteiger partial charge on any atom is 0.115 e. The largest absolute Gasteiger partial charge is 0.399 e. The van der Waals surface area contributed by atoms with Gasteiger partial charge in [0.1, 0.15) is 12.0 Å². The number of rotatable bonds is 2. The van der Waals surface area contributed by atoms with Crippen molar-refractivity contribution >= 4 is 5.69 Å². The van der Waals surface area contributed by atoms with E-state index in [0.717, 1.165) is 22.5 Å². The van der Waals surface area contributed by atoms with Crippen LogP contribution in [0, 0.1) is 0 Å². The molecule has 5 heteroatoms. The standard InChI is InChI=1S/C13H11N5/c14-12-3-1-10(2-4-12)11-5-17-18(8-11)13-6-15-9-16-7-13/h1-9H,14H2. The van der Waals surface area contributed by atoms with Crippen molar-refractivity contribution in [3.63, 3.8) is 0 Å². The molecule has 0 unspecified atom stereocenters. The third-order valence-corrected chi connectivity index (χ3v) is 2.64. The minimum atomic E-state index is 0.752. The molecular formula is C13H11N5. The highest BCUT2D eigenvalue weighted by atomic mass is 15.3. The Bertz CT molecular complexity index is 643. The third-order valence-electron chi connectivity index (χ3n) is 2.64. The fraction of sp³-hybridized carbons (Fsp3) is 0. The Labute approximate surface area is 104 Å². The molecular weight excluding hydrogens is 226 g/mol. The monoisotopic (exact) mass is 237 g/mol. The topological polar surface area (TPSA) is 69.6 Å². The van der Waals surface area contributed by atoms with E-state index in [1.54, 1.807) is 23.3 Å². The molecule has 0 saturated heterocycles. The van der Waals surface area contributed by atoms with E-state index in [-0.39, 0.29) is 0 Å². The highest BCUT2D eigenvalue weighted by Crippen LogP contribution is 2.20. The van der Waals surface area contributed by atoms with Crippen molar-refractivity contribution in [1.29, 1.82) is 0 Å². The van der Waals surface area contributed by atoms with Gasteiger partial charge in [0.2, 0.25) is 0 Å². The lowest BCUT2D eigenvalue weighted by Gasteiger charge is -1.99. The summed E-state index contributed by atoms with van der Waals surface area (Å²) in [5, 5.41) is 4.29. The molecule has 2 aromatic heterocycles. The number of nitrogens with two attached hydrogens (primary N) is 1. The van der Waals surface area contributed by atoms with Gasteiger partial charge in [0.05, 0.1) is 18.6 Å². The Balaban J connectivity index is 1.97. The zero-order chi connectivity index (χ0) is 12.4. The van der Waals surface area contributed by atoms with Crippen LogP contribution >= 0.6 is 0 Å². The van der Waals surface area contributed by atoms with Crippen LogP contribution in [0.5, 0.6) is 0 Å². The molecule has 3 rings (SSSR count). The molecule has 0 bridgehead atoms. The molecule has 2 N–H and O–H groups in total. The van der Waals surface area contributed by atoms with Crippen LogP contribution in [0.2, 0.25) is 0 Å². The van der Waals surface area contributed by atoms with Gasteiger partial charge in [-0.3, -0.25) is 0 Å². The summed E-state index contributed by atoms with van der Waals surface area (Å²) in [6.45, 7) is 0. The summed E-state index contributed by atoms with van der Waals surface area (Å²) in [5.74, 6) is 0. The lowest BCUT2D eigenvalue weighted by molar-refractivity contribution is 0.864. The van der Waals surface area contributed by atoms with Gasteiger partial charge in [0.15, 0.2) is 0 Å². The lowest BCUT2D eigenvalue weighted by atomic mass is 10.1.